The Labute approximate surface area is 142 Å². The van der Waals surface area contributed by atoms with Crippen molar-refractivity contribution in [3.05, 3.63) is 62.7 Å². The van der Waals surface area contributed by atoms with E-state index in [0.717, 1.165) is 22.7 Å². The molecule has 0 saturated heterocycles. The second kappa shape index (κ2) is 6.73. The van der Waals surface area contributed by atoms with Gasteiger partial charge in [-0.2, -0.15) is 0 Å². The molecule has 2 rings (SSSR count). The Hall–Kier alpha value is -3.21. The van der Waals surface area contributed by atoms with Gasteiger partial charge in [0.1, 0.15) is 5.75 Å². The molecule has 11 heteroatoms. The van der Waals surface area contributed by atoms with Crippen LogP contribution in [-0.2, 0) is 10.0 Å². The molecule has 0 radical (unpaired) electrons. The summed E-state index contributed by atoms with van der Waals surface area (Å²) >= 11 is 0. The fourth-order valence-electron chi connectivity index (χ4n) is 1.90. The lowest BCUT2D eigenvalue weighted by Crippen LogP contribution is -2.25. The number of nitro benzene ring substituents is 2. The van der Waals surface area contributed by atoms with Gasteiger partial charge < -0.3 is 4.74 Å². The van der Waals surface area contributed by atoms with E-state index in [-0.39, 0.29) is 28.6 Å². The SMILES string of the molecule is CN(c1ccc([N+](=O)[O-])cc1Oc1ccc([N+](=O)[O-])cc1)S(C)(=O)=O. The molecule has 10 nitrogen and oxygen atoms in total. The number of benzene rings is 2. The minimum atomic E-state index is -3.63. The number of hydrogen-bond acceptors (Lipinski definition) is 7. The van der Waals surface area contributed by atoms with Crippen LogP contribution in [0, 0.1) is 20.2 Å². The maximum atomic E-state index is 11.7. The standard InChI is InChI=1S/C14H13N3O7S/c1-15(25(2,22)23)13-8-5-11(17(20)21)9-14(13)24-12-6-3-10(4-7-12)16(18)19/h3-9H,1-2H3. The van der Waals surface area contributed by atoms with Gasteiger partial charge in [0.05, 0.1) is 27.9 Å². The summed E-state index contributed by atoms with van der Waals surface area (Å²) in [6, 6.07) is 8.50. The highest BCUT2D eigenvalue weighted by Crippen LogP contribution is 2.36. The van der Waals surface area contributed by atoms with E-state index in [4.69, 9.17) is 4.74 Å². The smallest absolute Gasteiger partial charge is 0.273 e. The molecule has 2 aromatic carbocycles. The zero-order valence-corrected chi connectivity index (χ0v) is 14.0. The molecule has 0 amide bonds. The second-order valence-electron chi connectivity index (χ2n) is 4.99. The molecular formula is C14H13N3O7S. The summed E-state index contributed by atoms with van der Waals surface area (Å²) in [4.78, 5) is 20.4. The van der Waals surface area contributed by atoms with E-state index in [1.54, 1.807) is 0 Å². The summed E-state index contributed by atoms with van der Waals surface area (Å²) in [6.45, 7) is 0. The van der Waals surface area contributed by atoms with Crippen molar-refractivity contribution in [2.75, 3.05) is 17.6 Å². The molecule has 0 unspecified atom stereocenters. The van der Waals surface area contributed by atoms with E-state index >= 15 is 0 Å². The van der Waals surface area contributed by atoms with Crippen molar-refractivity contribution >= 4 is 27.1 Å². The lowest BCUT2D eigenvalue weighted by molar-refractivity contribution is -0.385. The number of rotatable bonds is 6. The summed E-state index contributed by atoms with van der Waals surface area (Å²) in [7, 11) is -2.35. The molecule has 0 atom stereocenters. The number of ether oxygens (including phenoxy) is 1. The molecule has 132 valence electrons. The molecular weight excluding hydrogens is 354 g/mol. The topological polar surface area (TPSA) is 133 Å². The van der Waals surface area contributed by atoms with Gasteiger partial charge >= 0.3 is 0 Å². The average Bonchev–Trinajstić information content (AvgIpc) is 2.53. The van der Waals surface area contributed by atoms with E-state index in [1.165, 1.54) is 37.4 Å². The van der Waals surface area contributed by atoms with Crippen molar-refractivity contribution in [3.8, 4) is 11.5 Å². The highest BCUT2D eigenvalue weighted by Gasteiger charge is 2.20. The van der Waals surface area contributed by atoms with Gasteiger partial charge in [-0.25, -0.2) is 8.42 Å². The van der Waals surface area contributed by atoms with Gasteiger partial charge in [0.25, 0.3) is 11.4 Å². The zero-order chi connectivity index (χ0) is 18.8. The zero-order valence-electron chi connectivity index (χ0n) is 13.1. The predicted octanol–water partition coefficient (Wildman–Crippen LogP) is 2.69. The maximum Gasteiger partial charge on any atom is 0.273 e. The molecule has 2 aromatic rings. The highest BCUT2D eigenvalue weighted by atomic mass is 32.2. The largest absolute Gasteiger partial charge is 0.455 e. The second-order valence-corrected chi connectivity index (χ2v) is 7.01. The Bertz CT molecular complexity index is 926. The van der Waals surface area contributed by atoms with Gasteiger partial charge in [-0.1, -0.05) is 0 Å². The van der Waals surface area contributed by atoms with Crippen LogP contribution in [0.25, 0.3) is 0 Å². The molecule has 0 aliphatic rings. The third-order valence-electron chi connectivity index (χ3n) is 3.27. The van der Waals surface area contributed by atoms with Gasteiger partial charge in [0, 0.05) is 25.2 Å². The molecule has 0 N–H and O–H groups in total. The first kappa shape index (κ1) is 18.1. The molecule has 0 aliphatic carbocycles. The van der Waals surface area contributed by atoms with Crippen LogP contribution in [0.3, 0.4) is 0 Å². The number of nitrogens with zero attached hydrogens (tertiary/aromatic N) is 3. The Kier molecular flexibility index (Phi) is 4.88. The Morgan fingerprint density at radius 3 is 1.96 bits per heavy atom. The fourth-order valence-corrected chi connectivity index (χ4v) is 2.41. The average molecular weight is 367 g/mol. The molecule has 0 spiro atoms. The fraction of sp³-hybridized carbons (Fsp3) is 0.143. The Balaban J connectivity index is 2.47. The van der Waals surface area contributed by atoms with Crippen LogP contribution in [-0.4, -0.2) is 31.6 Å². The number of non-ortho nitro benzene ring substituents is 2. The predicted molar refractivity (Wildman–Crippen MR) is 89.5 cm³/mol. The van der Waals surface area contributed by atoms with Gasteiger partial charge in [0.15, 0.2) is 5.75 Å². The lowest BCUT2D eigenvalue weighted by atomic mass is 10.2. The van der Waals surface area contributed by atoms with Crippen molar-refractivity contribution in [1.29, 1.82) is 0 Å². The normalized spacial score (nSPS) is 11.0. The van der Waals surface area contributed by atoms with Gasteiger partial charge in [-0.05, 0) is 18.2 Å². The first-order valence-electron chi connectivity index (χ1n) is 6.74. The molecule has 0 heterocycles. The summed E-state index contributed by atoms with van der Waals surface area (Å²) < 4.78 is 29.9. The molecule has 0 aliphatic heterocycles. The summed E-state index contributed by atoms with van der Waals surface area (Å²) in [6.07, 6.45) is 0.976. The van der Waals surface area contributed by atoms with Crippen LogP contribution in [0.2, 0.25) is 0 Å². The Morgan fingerprint density at radius 2 is 1.48 bits per heavy atom. The Morgan fingerprint density at radius 1 is 0.960 bits per heavy atom. The van der Waals surface area contributed by atoms with Crippen molar-refractivity contribution in [1.82, 2.24) is 0 Å². The third kappa shape index (κ3) is 4.20. The van der Waals surface area contributed by atoms with Crippen LogP contribution in [0.1, 0.15) is 0 Å². The van der Waals surface area contributed by atoms with Crippen LogP contribution in [0.5, 0.6) is 11.5 Å². The van der Waals surface area contributed by atoms with E-state index in [0.29, 0.717) is 0 Å². The third-order valence-corrected chi connectivity index (χ3v) is 4.46. The van der Waals surface area contributed by atoms with Gasteiger partial charge in [-0.15, -0.1) is 0 Å². The number of nitro groups is 2. The number of sulfonamides is 1. The van der Waals surface area contributed by atoms with E-state index in [2.05, 4.69) is 0 Å². The molecule has 0 bridgehead atoms. The van der Waals surface area contributed by atoms with Gasteiger partial charge in [-0.3, -0.25) is 24.5 Å². The van der Waals surface area contributed by atoms with Crippen molar-refractivity contribution in [3.63, 3.8) is 0 Å². The number of anilines is 1. The monoisotopic (exact) mass is 367 g/mol. The summed E-state index contributed by atoms with van der Waals surface area (Å²) in [5.41, 5.74) is -0.353. The molecule has 0 saturated carbocycles. The molecule has 0 fully saturated rings. The van der Waals surface area contributed by atoms with E-state index in [9.17, 15) is 28.6 Å². The van der Waals surface area contributed by atoms with Crippen molar-refractivity contribution < 1.29 is 23.0 Å². The van der Waals surface area contributed by atoms with Crippen LogP contribution >= 0.6 is 0 Å². The first-order valence-corrected chi connectivity index (χ1v) is 8.59. The highest BCUT2D eigenvalue weighted by molar-refractivity contribution is 7.92. The van der Waals surface area contributed by atoms with Crippen molar-refractivity contribution in [2.24, 2.45) is 0 Å². The quantitative estimate of drug-likeness (QED) is 0.566. The van der Waals surface area contributed by atoms with E-state index in [1.807, 2.05) is 0 Å². The van der Waals surface area contributed by atoms with E-state index < -0.39 is 19.9 Å². The lowest BCUT2D eigenvalue weighted by Gasteiger charge is -2.20. The summed E-state index contributed by atoms with van der Waals surface area (Å²) in [5.74, 6) is 0.0882. The van der Waals surface area contributed by atoms with Crippen LogP contribution in [0.15, 0.2) is 42.5 Å². The minimum Gasteiger partial charge on any atom is -0.455 e. The maximum absolute atomic E-state index is 11.7. The molecule has 0 aromatic heterocycles. The summed E-state index contributed by atoms with van der Waals surface area (Å²) in [5, 5.41) is 21.6. The first-order chi connectivity index (χ1) is 11.6. The van der Waals surface area contributed by atoms with Crippen LogP contribution < -0.4 is 9.04 Å². The minimum absolute atomic E-state index is 0.0732. The van der Waals surface area contributed by atoms with Crippen LogP contribution in [0.4, 0.5) is 17.1 Å². The number of hydrogen-bond donors (Lipinski definition) is 0. The van der Waals surface area contributed by atoms with Gasteiger partial charge in [0.2, 0.25) is 10.0 Å². The molecule has 25 heavy (non-hydrogen) atoms. The van der Waals surface area contributed by atoms with Crippen molar-refractivity contribution in [2.45, 2.75) is 0 Å².